The first-order chi connectivity index (χ1) is 10.1. The molecule has 0 saturated carbocycles. The molecule has 1 aromatic carbocycles. The lowest BCUT2D eigenvalue weighted by Crippen LogP contribution is -2.31. The second-order valence-corrected chi connectivity index (χ2v) is 6.70. The molecule has 0 fully saturated rings. The quantitative estimate of drug-likeness (QED) is 0.565. The van der Waals surface area contributed by atoms with Crippen LogP contribution >= 0.6 is 31.9 Å². The molecule has 0 aliphatic rings. The summed E-state index contributed by atoms with van der Waals surface area (Å²) in [4.78, 5) is 2.42. The fraction of sp³-hybridized carbons (Fsp3) is 0.625. The molecule has 1 aromatic rings. The Morgan fingerprint density at radius 2 is 1.86 bits per heavy atom. The van der Waals surface area contributed by atoms with Crippen molar-refractivity contribution in [3.8, 4) is 5.75 Å². The minimum absolute atomic E-state index is 0.743. The van der Waals surface area contributed by atoms with Crippen LogP contribution in [0.2, 0.25) is 0 Å². The van der Waals surface area contributed by atoms with Crippen LogP contribution in [0.15, 0.2) is 21.1 Å². The smallest absolute Gasteiger partial charge is 0.138 e. The maximum absolute atomic E-state index is 5.87. The van der Waals surface area contributed by atoms with Crippen LogP contribution in [0.5, 0.6) is 5.75 Å². The number of likely N-dealkylation sites (N-methyl/N-ethyl adjacent to an activating group) is 1. The van der Waals surface area contributed by atoms with Gasteiger partial charge in [-0.1, -0.05) is 36.7 Å². The third-order valence-electron chi connectivity index (χ3n) is 3.35. The van der Waals surface area contributed by atoms with Gasteiger partial charge in [-0.2, -0.15) is 0 Å². The van der Waals surface area contributed by atoms with Gasteiger partial charge in [0.05, 0.1) is 11.1 Å². The standard InChI is InChI=1S/C16H26Br2N2O/c1-4-9-21-16-13(10-14(17)11-15(16)18)12-19-7-8-20(5-2)6-3/h10-11,19H,4-9,12H2,1-3H3. The number of nitrogens with one attached hydrogen (secondary N) is 1. The highest BCUT2D eigenvalue weighted by Gasteiger charge is 2.10. The maximum Gasteiger partial charge on any atom is 0.138 e. The molecule has 0 unspecified atom stereocenters. The zero-order chi connectivity index (χ0) is 15.7. The van der Waals surface area contributed by atoms with Crippen LogP contribution in [0.4, 0.5) is 0 Å². The van der Waals surface area contributed by atoms with Crippen molar-refractivity contribution in [3.63, 3.8) is 0 Å². The Morgan fingerprint density at radius 3 is 2.48 bits per heavy atom. The lowest BCUT2D eigenvalue weighted by atomic mass is 10.2. The van der Waals surface area contributed by atoms with Crippen molar-refractivity contribution in [3.05, 3.63) is 26.6 Å². The average molecular weight is 422 g/mol. The SMILES string of the molecule is CCCOc1c(Br)cc(Br)cc1CNCCN(CC)CC. The summed E-state index contributed by atoms with van der Waals surface area (Å²) in [6, 6.07) is 4.16. The molecule has 0 bridgehead atoms. The van der Waals surface area contributed by atoms with Crippen molar-refractivity contribution in [2.75, 3.05) is 32.8 Å². The molecular weight excluding hydrogens is 396 g/mol. The number of ether oxygens (including phenoxy) is 1. The van der Waals surface area contributed by atoms with Crippen LogP contribution < -0.4 is 10.1 Å². The maximum atomic E-state index is 5.87. The Balaban J connectivity index is 2.60. The Kier molecular flexibility index (Phi) is 9.56. The van der Waals surface area contributed by atoms with Gasteiger partial charge in [-0.15, -0.1) is 0 Å². The molecule has 1 rings (SSSR count). The van der Waals surface area contributed by atoms with E-state index >= 15 is 0 Å². The van der Waals surface area contributed by atoms with Gasteiger partial charge >= 0.3 is 0 Å². The van der Waals surface area contributed by atoms with Crippen LogP contribution in [0.3, 0.4) is 0 Å². The molecule has 21 heavy (non-hydrogen) atoms. The van der Waals surface area contributed by atoms with E-state index in [1.807, 2.05) is 6.07 Å². The summed E-state index contributed by atoms with van der Waals surface area (Å²) in [5, 5.41) is 3.51. The fourth-order valence-corrected chi connectivity index (χ4v) is 3.54. The summed E-state index contributed by atoms with van der Waals surface area (Å²) in [6.45, 7) is 12.3. The van der Waals surface area contributed by atoms with E-state index in [2.05, 4.69) is 68.9 Å². The minimum atomic E-state index is 0.743. The Hall–Kier alpha value is -0.100. The zero-order valence-corrected chi connectivity index (χ0v) is 16.4. The number of nitrogens with zero attached hydrogens (tertiary/aromatic N) is 1. The average Bonchev–Trinajstić information content (AvgIpc) is 2.46. The molecular formula is C16H26Br2N2O. The molecule has 0 aromatic heterocycles. The molecule has 0 heterocycles. The fourth-order valence-electron chi connectivity index (χ4n) is 2.11. The highest BCUT2D eigenvalue weighted by molar-refractivity contribution is 9.11. The van der Waals surface area contributed by atoms with Gasteiger partial charge < -0.3 is 15.0 Å². The lowest BCUT2D eigenvalue weighted by Gasteiger charge is -2.19. The summed E-state index contributed by atoms with van der Waals surface area (Å²) in [5.74, 6) is 0.954. The number of rotatable bonds is 10. The van der Waals surface area contributed by atoms with Crippen LogP contribution in [-0.4, -0.2) is 37.7 Å². The van der Waals surface area contributed by atoms with Crippen molar-refractivity contribution < 1.29 is 4.74 Å². The second-order valence-electron chi connectivity index (χ2n) is 4.93. The number of halogens is 2. The van der Waals surface area contributed by atoms with Gasteiger partial charge in [-0.3, -0.25) is 0 Å². The van der Waals surface area contributed by atoms with Gasteiger partial charge in [0.25, 0.3) is 0 Å². The van der Waals surface area contributed by atoms with Crippen LogP contribution in [0.1, 0.15) is 32.8 Å². The summed E-state index contributed by atoms with van der Waals surface area (Å²) in [7, 11) is 0. The summed E-state index contributed by atoms with van der Waals surface area (Å²) in [5.41, 5.74) is 1.18. The highest BCUT2D eigenvalue weighted by atomic mass is 79.9. The Labute approximate surface area is 145 Å². The highest BCUT2D eigenvalue weighted by Crippen LogP contribution is 2.33. The molecule has 5 heteroatoms. The first kappa shape index (κ1) is 18.9. The largest absolute Gasteiger partial charge is 0.492 e. The van der Waals surface area contributed by atoms with E-state index in [9.17, 15) is 0 Å². The second kappa shape index (κ2) is 10.6. The Bertz CT molecular complexity index is 423. The summed E-state index contributed by atoms with van der Waals surface area (Å²) >= 11 is 7.14. The first-order valence-electron chi connectivity index (χ1n) is 7.66. The molecule has 0 atom stereocenters. The monoisotopic (exact) mass is 420 g/mol. The number of benzene rings is 1. The van der Waals surface area contributed by atoms with Gasteiger partial charge in [0.1, 0.15) is 5.75 Å². The van der Waals surface area contributed by atoms with E-state index in [-0.39, 0.29) is 0 Å². The Morgan fingerprint density at radius 1 is 1.14 bits per heavy atom. The molecule has 0 aliphatic carbocycles. The van der Waals surface area contributed by atoms with Crippen molar-refractivity contribution in [1.82, 2.24) is 10.2 Å². The van der Waals surface area contributed by atoms with E-state index in [0.717, 1.165) is 60.4 Å². The van der Waals surface area contributed by atoms with Gasteiger partial charge in [0.15, 0.2) is 0 Å². The molecule has 120 valence electrons. The normalized spacial score (nSPS) is 11.1. The summed E-state index contributed by atoms with van der Waals surface area (Å²) < 4.78 is 7.95. The van der Waals surface area contributed by atoms with Gasteiger partial charge in [0.2, 0.25) is 0 Å². The predicted molar refractivity (Wildman–Crippen MR) is 97.1 cm³/mol. The van der Waals surface area contributed by atoms with Gasteiger partial charge in [-0.25, -0.2) is 0 Å². The molecule has 0 spiro atoms. The van der Waals surface area contributed by atoms with E-state index in [1.165, 1.54) is 5.56 Å². The van der Waals surface area contributed by atoms with Crippen molar-refractivity contribution in [2.45, 2.75) is 33.7 Å². The number of hydrogen-bond acceptors (Lipinski definition) is 3. The molecule has 0 radical (unpaired) electrons. The van der Waals surface area contributed by atoms with Crippen LogP contribution in [0, 0.1) is 0 Å². The van der Waals surface area contributed by atoms with Gasteiger partial charge in [-0.05, 0) is 47.6 Å². The molecule has 0 saturated heterocycles. The molecule has 1 N–H and O–H groups in total. The van der Waals surface area contributed by atoms with Crippen LogP contribution in [-0.2, 0) is 6.54 Å². The van der Waals surface area contributed by atoms with E-state index in [0.29, 0.717) is 0 Å². The van der Waals surface area contributed by atoms with Crippen molar-refractivity contribution >= 4 is 31.9 Å². The van der Waals surface area contributed by atoms with E-state index < -0.39 is 0 Å². The molecule has 0 amide bonds. The summed E-state index contributed by atoms with van der Waals surface area (Å²) in [6.07, 6.45) is 1.01. The van der Waals surface area contributed by atoms with E-state index in [1.54, 1.807) is 0 Å². The van der Waals surface area contributed by atoms with Crippen molar-refractivity contribution in [1.29, 1.82) is 0 Å². The minimum Gasteiger partial charge on any atom is -0.492 e. The number of hydrogen-bond donors (Lipinski definition) is 1. The van der Waals surface area contributed by atoms with Crippen molar-refractivity contribution in [2.24, 2.45) is 0 Å². The lowest BCUT2D eigenvalue weighted by molar-refractivity contribution is 0.299. The third kappa shape index (κ3) is 6.68. The topological polar surface area (TPSA) is 24.5 Å². The first-order valence-corrected chi connectivity index (χ1v) is 9.24. The zero-order valence-electron chi connectivity index (χ0n) is 13.2. The molecule has 3 nitrogen and oxygen atoms in total. The third-order valence-corrected chi connectivity index (χ3v) is 4.40. The van der Waals surface area contributed by atoms with Gasteiger partial charge in [0, 0.05) is 29.7 Å². The molecule has 0 aliphatic heterocycles. The predicted octanol–water partition coefficient (Wildman–Crippen LogP) is 4.43. The van der Waals surface area contributed by atoms with Crippen LogP contribution in [0.25, 0.3) is 0 Å². The van der Waals surface area contributed by atoms with E-state index in [4.69, 9.17) is 4.74 Å².